The Morgan fingerprint density at radius 2 is 1.88 bits per heavy atom. The Hall–Kier alpha value is -3.84. The lowest BCUT2D eigenvalue weighted by atomic mass is 10.0. The molecule has 0 atom stereocenters. The summed E-state index contributed by atoms with van der Waals surface area (Å²) >= 11 is 3.42. The highest BCUT2D eigenvalue weighted by Crippen LogP contribution is 2.38. The maximum Gasteiger partial charge on any atom is 0.379 e. The Balaban J connectivity index is 1.42. The molecule has 0 unspecified atom stereocenters. The molecule has 33 heavy (non-hydrogen) atoms. The van der Waals surface area contributed by atoms with Crippen LogP contribution in [-0.2, 0) is 0 Å². The highest BCUT2D eigenvalue weighted by atomic mass is 79.9. The van der Waals surface area contributed by atoms with Gasteiger partial charge in [0.05, 0.1) is 12.7 Å². The zero-order valence-corrected chi connectivity index (χ0v) is 19.3. The molecule has 1 aliphatic rings. The lowest BCUT2D eigenvalue weighted by molar-refractivity contribution is 0.0703. The van der Waals surface area contributed by atoms with Crippen molar-refractivity contribution in [3.63, 3.8) is 0 Å². The number of carbonyl (C=O) groups excluding carboxylic acids is 2. The largest absolute Gasteiger partial charge is 0.493 e. The van der Waals surface area contributed by atoms with Gasteiger partial charge in [0, 0.05) is 15.9 Å². The van der Waals surface area contributed by atoms with E-state index in [1.54, 1.807) is 31.2 Å². The standard InChI is InChI=1S/C26H17BrO6/c1-14-9-18(31-26(29)22-12-16-6-4-8-19(30-2)25(16)33-22)13-20-23(14)24(28)21(32-20)11-15-5-3-7-17(27)10-15/h3-13H,1-2H3/b21-11-. The zero-order valence-electron chi connectivity index (χ0n) is 17.7. The number of ether oxygens (including phenoxy) is 3. The van der Waals surface area contributed by atoms with Gasteiger partial charge >= 0.3 is 5.97 Å². The number of allylic oxidation sites excluding steroid dienone is 1. The summed E-state index contributed by atoms with van der Waals surface area (Å²) < 4.78 is 23.2. The van der Waals surface area contributed by atoms with Gasteiger partial charge in [-0.3, -0.25) is 4.79 Å². The Bertz CT molecular complexity index is 1460. The summed E-state index contributed by atoms with van der Waals surface area (Å²) in [5, 5.41) is 0.725. The molecule has 0 spiro atoms. The summed E-state index contributed by atoms with van der Waals surface area (Å²) in [5.74, 6) is 0.484. The maximum atomic E-state index is 12.9. The van der Waals surface area contributed by atoms with E-state index in [9.17, 15) is 9.59 Å². The second kappa shape index (κ2) is 8.26. The number of fused-ring (bicyclic) bond motifs is 2. The number of hydrogen-bond acceptors (Lipinski definition) is 6. The van der Waals surface area contributed by atoms with Gasteiger partial charge in [-0.25, -0.2) is 4.79 Å². The molecule has 5 rings (SSSR count). The third-order valence-corrected chi connectivity index (χ3v) is 5.72. The fourth-order valence-electron chi connectivity index (χ4n) is 3.74. The van der Waals surface area contributed by atoms with Crippen molar-refractivity contribution in [2.45, 2.75) is 6.92 Å². The molecule has 1 aliphatic heterocycles. The van der Waals surface area contributed by atoms with Crippen molar-refractivity contribution in [1.29, 1.82) is 0 Å². The minimum absolute atomic E-state index is 0.0416. The molecule has 2 heterocycles. The zero-order chi connectivity index (χ0) is 23.1. The number of halogens is 1. The van der Waals surface area contributed by atoms with E-state index in [4.69, 9.17) is 18.6 Å². The molecular formula is C26H17BrO6. The van der Waals surface area contributed by atoms with Crippen molar-refractivity contribution >= 4 is 44.7 Å². The van der Waals surface area contributed by atoms with Crippen LogP contribution in [0.3, 0.4) is 0 Å². The van der Waals surface area contributed by atoms with Gasteiger partial charge in [-0.2, -0.15) is 0 Å². The Morgan fingerprint density at radius 3 is 2.67 bits per heavy atom. The van der Waals surface area contributed by atoms with E-state index in [1.807, 2.05) is 36.4 Å². The second-order valence-electron chi connectivity index (χ2n) is 7.49. The van der Waals surface area contributed by atoms with E-state index in [1.165, 1.54) is 13.2 Å². The number of methoxy groups -OCH3 is 1. The van der Waals surface area contributed by atoms with E-state index < -0.39 is 5.97 Å². The third kappa shape index (κ3) is 3.91. The Labute approximate surface area is 197 Å². The van der Waals surface area contributed by atoms with E-state index in [0.717, 1.165) is 15.4 Å². The van der Waals surface area contributed by atoms with Crippen LogP contribution in [-0.4, -0.2) is 18.9 Å². The lowest BCUT2D eigenvalue weighted by Crippen LogP contribution is -2.07. The molecule has 4 aromatic rings. The van der Waals surface area contributed by atoms with Crippen LogP contribution in [0.5, 0.6) is 17.2 Å². The minimum atomic E-state index is -0.665. The Kier molecular flexibility index (Phi) is 5.26. The molecule has 0 aliphatic carbocycles. The van der Waals surface area contributed by atoms with E-state index in [2.05, 4.69) is 15.9 Å². The van der Waals surface area contributed by atoms with Crippen LogP contribution < -0.4 is 14.2 Å². The number of furan rings is 1. The van der Waals surface area contributed by atoms with Crippen molar-refractivity contribution in [2.24, 2.45) is 0 Å². The molecule has 0 saturated heterocycles. The van der Waals surface area contributed by atoms with Gasteiger partial charge in [-0.05, 0) is 54.5 Å². The van der Waals surface area contributed by atoms with Crippen LogP contribution in [0.15, 0.2) is 75.3 Å². The monoisotopic (exact) mass is 504 g/mol. The number of ketones is 1. The van der Waals surface area contributed by atoms with E-state index in [0.29, 0.717) is 28.2 Å². The van der Waals surface area contributed by atoms with Gasteiger partial charge in [-0.1, -0.05) is 40.2 Å². The first kappa shape index (κ1) is 21.0. The fourth-order valence-corrected chi connectivity index (χ4v) is 4.16. The molecule has 0 fully saturated rings. The summed E-state index contributed by atoms with van der Waals surface area (Å²) in [7, 11) is 1.53. The highest BCUT2D eigenvalue weighted by Gasteiger charge is 2.30. The molecule has 1 aromatic heterocycles. The third-order valence-electron chi connectivity index (χ3n) is 5.23. The Morgan fingerprint density at radius 1 is 1.06 bits per heavy atom. The number of para-hydroxylation sites is 1. The molecule has 0 saturated carbocycles. The van der Waals surface area contributed by atoms with Gasteiger partial charge < -0.3 is 18.6 Å². The van der Waals surface area contributed by atoms with Crippen molar-refractivity contribution in [3.05, 3.63) is 93.3 Å². The summed E-state index contributed by atoms with van der Waals surface area (Å²) in [5.41, 5.74) is 2.38. The number of aryl methyl sites for hydroxylation is 1. The van der Waals surface area contributed by atoms with Crippen LogP contribution >= 0.6 is 15.9 Å². The van der Waals surface area contributed by atoms with Crippen molar-refractivity contribution < 1.29 is 28.2 Å². The topological polar surface area (TPSA) is 75.0 Å². The average molecular weight is 505 g/mol. The first-order chi connectivity index (χ1) is 15.9. The molecule has 7 heteroatoms. The predicted octanol–water partition coefficient (Wildman–Crippen LogP) is 6.35. The first-order valence-electron chi connectivity index (χ1n) is 10.1. The van der Waals surface area contributed by atoms with Crippen molar-refractivity contribution in [3.8, 4) is 17.2 Å². The maximum absolute atomic E-state index is 12.9. The summed E-state index contributed by atoms with van der Waals surface area (Å²) in [4.78, 5) is 25.6. The normalized spacial score (nSPS) is 13.8. The number of Topliss-reactive ketones (excluding diaryl/α,β-unsaturated/α-hetero) is 1. The average Bonchev–Trinajstić information content (AvgIpc) is 3.35. The molecule has 0 bridgehead atoms. The fraction of sp³-hybridized carbons (Fsp3) is 0.0769. The van der Waals surface area contributed by atoms with Crippen LogP contribution in [0.25, 0.3) is 17.0 Å². The van der Waals surface area contributed by atoms with Gasteiger partial charge in [0.15, 0.2) is 17.1 Å². The molecular weight excluding hydrogens is 488 g/mol. The summed E-state index contributed by atoms with van der Waals surface area (Å²) in [6.07, 6.45) is 1.68. The molecule has 6 nitrogen and oxygen atoms in total. The lowest BCUT2D eigenvalue weighted by Gasteiger charge is -2.06. The smallest absolute Gasteiger partial charge is 0.379 e. The number of esters is 1. The predicted molar refractivity (Wildman–Crippen MR) is 126 cm³/mol. The second-order valence-corrected chi connectivity index (χ2v) is 8.40. The van der Waals surface area contributed by atoms with Gasteiger partial charge in [0.2, 0.25) is 11.5 Å². The highest BCUT2D eigenvalue weighted by molar-refractivity contribution is 9.10. The molecule has 3 aromatic carbocycles. The van der Waals surface area contributed by atoms with Crippen LogP contribution in [0.1, 0.15) is 32.0 Å². The van der Waals surface area contributed by atoms with E-state index >= 15 is 0 Å². The number of hydrogen-bond donors (Lipinski definition) is 0. The van der Waals surface area contributed by atoms with E-state index in [-0.39, 0.29) is 23.1 Å². The number of carbonyl (C=O) groups is 2. The van der Waals surface area contributed by atoms with Crippen molar-refractivity contribution in [1.82, 2.24) is 0 Å². The quantitative estimate of drug-likeness (QED) is 0.183. The van der Waals surface area contributed by atoms with Gasteiger partial charge in [-0.15, -0.1) is 0 Å². The number of rotatable bonds is 4. The van der Waals surface area contributed by atoms with Crippen LogP contribution in [0, 0.1) is 6.92 Å². The summed E-state index contributed by atoms with van der Waals surface area (Å²) in [6, 6.07) is 17.7. The SMILES string of the molecule is COc1cccc2cc(C(=O)Oc3cc(C)c4c(c3)O/C(=C\c3cccc(Br)c3)C4=O)oc12. The van der Waals surface area contributed by atoms with Crippen LogP contribution in [0.4, 0.5) is 0 Å². The first-order valence-corrected chi connectivity index (χ1v) is 10.9. The van der Waals surface area contributed by atoms with Crippen LogP contribution in [0.2, 0.25) is 0 Å². The molecule has 164 valence electrons. The molecule has 0 N–H and O–H groups in total. The van der Waals surface area contributed by atoms with Gasteiger partial charge in [0.25, 0.3) is 0 Å². The molecule has 0 amide bonds. The summed E-state index contributed by atoms with van der Waals surface area (Å²) in [6.45, 7) is 1.77. The van der Waals surface area contributed by atoms with Gasteiger partial charge in [0.1, 0.15) is 11.5 Å². The number of benzene rings is 3. The van der Waals surface area contributed by atoms with Crippen molar-refractivity contribution in [2.75, 3.05) is 7.11 Å². The molecule has 0 radical (unpaired) electrons. The minimum Gasteiger partial charge on any atom is -0.493 e.